The van der Waals surface area contributed by atoms with Crippen LogP contribution < -0.4 is 5.32 Å². The number of hydrogen-bond donors (Lipinski definition) is 2. The summed E-state index contributed by atoms with van der Waals surface area (Å²) in [5.41, 5.74) is 0. The summed E-state index contributed by atoms with van der Waals surface area (Å²) in [6.07, 6.45) is 9.26. The Morgan fingerprint density at radius 3 is 2.81 bits per heavy atom. The summed E-state index contributed by atoms with van der Waals surface area (Å²) in [5.74, 6) is -0.867. The molecule has 0 atom stereocenters. The summed E-state index contributed by atoms with van der Waals surface area (Å²) < 4.78 is 2.01. The van der Waals surface area contributed by atoms with Gasteiger partial charge in [0.15, 0.2) is 0 Å². The molecule has 0 saturated heterocycles. The first-order valence-corrected chi connectivity index (χ1v) is 7.39. The van der Waals surface area contributed by atoms with Crippen molar-refractivity contribution in [1.82, 2.24) is 19.8 Å². The van der Waals surface area contributed by atoms with Gasteiger partial charge in [-0.3, -0.25) is 4.79 Å². The van der Waals surface area contributed by atoms with Crippen LogP contribution in [0.1, 0.15) is 32.1 Å². The average Bonchev–Trinajstić information content (AvgIpc) is 3.14. The van der Waals surface area contributed by atoms with Gasteiger partial charge in [-0.15, -0.1) is 0 Å². The number of imidazole rings is 1. The molecule has 0 aromatic carbocycles. The van der Waals surface area contributed by atoms with Crippen molar-refractivity contribution in [3.05, 3.63) is 18.7 Å². The highest BCUT2D eigenvalue weighted by atomic mass is 16.4. The highest BCUT2D eigenvalue weighted by molar-refractivity contribution is 5.76. The molecule has 1 heterocycles. The molecule has 1 aliphatic rings. The number of hydrogen-bond acceptors (Lipinski definition) is 3. The number of aryl methyl sites for hydroxylation is 1. The molecular weight excluding hydrogens is 272 g/mol. The molecule has 0 aliphatic heterocycles. The van der Waals surface area contributed by atoms with Gasteiger partial charge in [-0.25, -0.2) is 9.78 Å². The van der Waals surface area contributed by atoms with E-state index in [1.165, 1.54) is 0 Å². The molecule has 116 valence electrons. The summed E-state index contributed by atoms with van der Waals surface area (Å²) in [7, 11) is 0. The summed E-state index contributed by atoms with van der Waals surface area (Å²) in [6.45, 7) is 1.80. The van der Waals surface area contributed by atoms with Gasteiger partial charge >= 0.3 is 12.0 Å². The van der Waals surface area contributed by atoms with Gasteiger partial charge in [0.05, 0.1) is 12.7 Å². The molecule has 0 bridgehead atoms. The average molecular weight is 294 g/mol. The quantitative estimate of drug-likeness (QED) is 0.672. The minimum Gasteiger partial charge on any atom is -0.481 e. The van der Waals surface area contributed by atoms with E-state index in [2.05, 4.69) is 10.3 Å². The third kappa shape index (κ3) is 5.45. The molecule has 21 heavy (non-hydrogen) atoms. The van der Waals surface area contributed by atoms with Gasteiger partial charge in [-0.2, -0.15) is 0 Å². The van der Waals surface area contributed by atoms with Crippen LogP contribution in [0.2, 0.25) is 0 Å². The van der Waals surface area contributed by atoms with Gasteiger partial charge in [-0.1, -0.05) is 0 Å². The summed E-state index contributed by atoms with van der Waals surface area (Å²) in [4.78, 5) is 28.3. The van der Waals surface area contributed by atoms with E-state index in [1.54, 1.807) is 17.4 Å². The van der Waals surface area contributed by atoms with E-state index in [4.69, 9.17) is 5.11 Å². The number of unbranched alkanes of at least 4 members (excludes halogenated alkanes) is 1. The summed E-state index contributed by atoms with van der Waals surface area (Å²) in [5, 5.41) is 11.6. The highest BCUT2D eigenvalue weighted by Crippen LogP contribution is 2.26. The Hall–Kier alpha value is -2.05. The Morgan fingerprint density at radius 2 is 2.19 bits per heavy atom. The number of carboxylic acids is 1. The molecule has 1 aliphatic carbocycles. The number of carbonyl (C=O) groups is 2. The van der Waals surface area contributed by atoms with Gasteiger partial charge in [0.2, 0.25) is 0 Å². The molecule has 2 amide bonds. The first kappa shape index (κ1) is 15.3. The molecule has 1 aromatic rings. The lowest BCUT2D eigenvalue weighted by molar-refractivity contribution is -0.137. The fourth-order valence-corrected chi connectivity index (χ4v) is 2.19. The molecule has 0 spiro atoms. The largest absolute Gasteiger partial charge is 0.481 e. The van der Waals surface area contributed by atoms with Crippen LogP contribution >= 0.6 is 0 Å². The molecular formula is C14H22N4O3. The van der Waals surface area contributed by atoms with Gasteiger partial charge in [0.25, 0.3) is 0 Å². The Kier molecular flexibility index (Phi) is 5.59. The van der Waals surface area contributed by atoms with E-state index in [-0.39, 0.29) is 18.5 Å². The second kappa shape index (κ2) is 7.66. The number of carboxylic acid groups (broad SMARTS) is 1. The van der Waals surface area contributed by atoms with Crippen LogP contribution in [-0.4, -0.2) is 50.7 Å². The second-order valence-corrected chi connectivity index (χ2v) is 5.31. The van der Waals surface area contributed by atoms with Crippen LogP contribution in [0.5, 0.6) is 0 Å². The Bertz CT molecular complexity index is 457. The van der Waals surface area contributed by atoms with E-state index in [0.717, 1.165) is 32.2 Å². The predicted octanol–water partition coefficient (Wildman–Crippen LogP) is 1.31. The van der Waals surface area contributed by atoms with E-state index >= 15 is 0 Å². The molecule has 7 nitrogen and oxygen atoms in total. The number of aromatic nitrogens is 2. The zero-order valence-corrected chi connectivity index (χ0v) is 12.1. The third-order valence-corrected chi connectivity index (χ3v) is 3.49. The molecule has 0 unspecified atom stereocenters. The van der Waals surface area contributed by atoms with Crippen molar-refractivity contribution in [2.45, 2.75) is 44.7 Å². The maximum absolute atomic E-state index is 12.0. The van der Waals surface area contributed by atoms with Crippen molar-refractivity contribution in [2.75, 3.05) is 13.1 Å². The SMILES string of the molecule is O=C(O)CCN(C(=O)NCCCCn1ccnc1)C1CC1. The van der Waals surface area contributed by atoms with Gasteiger partial charge in [0.1, 0.15) is 0 Å². The first-order chi connectivity index (χ1) is 10.2. The molecule has 7 heteroatoms. The van der Waals surface area contributed by atoms with Crippen LogP contribution in [0.4, 0.5) is 4.79 Å². The second-order valence-electron chi connectivity index (χ2n) is 5.31. The fourth-order valence-electron chi connectivity index (χ4n) is 2.19. The zero-order chi connectivity index (χ0) is 15.1. The van der Waals surface area contributed by atoms with Crippen molar-refractivity contribution >= 4 is 12.0 Å². The van der Waals surface area contributed by atoms with E-state index in [9.17, 15) is 9.59 Å². The van der Waals surface area contributed by atoms with Gasteiger partial charge in [0, 0.05) is 38.1 Å². The van der Waals surface area contributed by atoms with Crippen LogP contribution in [0, 0.1) is 0 Å². The van der Waals surface area contributed by atoms with Gasteiger partial charge in [-0.05, 0) is 25.7 Å². The van der Waals surface area contributed by atoms with Crippen LogP contribution in [0.15, 0.2) is 18.7 Å². The number of rotatable bonds is 9. The number of carbonyl (C=O) groups excluding carboxylic acids is 1. The van der Waals surface area contributed by atoms with Crippen molar-refractivity contribution in [1.29, 1.82) is 0 Å². The van der Waals surface area contributed by atoms with Crippen molar-refractivity contribution in [3.8, 4) is 0 Å². The lowest BCUT2D eigenvalue weighted by Crippen LogP contribution is -2.42. The number of urea groups is 1. The lowest BCUT2D eigenvalue weighted by Gasteiger charge is -2.22. The van der Waals surface area contributed by atoms with Crippen LogP contribution in [-0.2, 0) is 11.3 Å². The van der Waals surface area contributed by atoms with Crippen molar-refractivity contribution in [2.24, 2.45) is 0 Å². The summed E-state index contributed by atoms with van der Waals surface area (Å²) >= 11 is 0. The van der Waals surface area contributed by atoms with Crippen molar-refractivity contribution < 1.29 is 14.7 Å². The highest BCUT2D eigenvalue weighted by Gasteiger charge is 2.32. The minimum absolute atomic E-state index is 0.00451. The van der Waals surface area contributed by atoms with Crippen molar-refractivity contribution in [3.63, 3.8) is 0 Å². The minimum atomic E-state index is -0.867. The molecule has 1 fully saturated rings. The summed E-state index contributed by atoms with van der Waals surface area (Å²) in [6, 6.07) is 0.0941. The standard InChI is InChI=1S/C14H22N4O3/c19-13(20)5-9-18(12-3-4-12)14(21)16-6-1-2-8-17-10-7-15-11-17/h7,10-12H,1-6,8-9H2,(H,16,21)(H,19,20). The molecule has 2 N–H and O–H groups in total. The number of aliphatic carboxylic acids is 1. The molecule has 1 saturated carbocycles. The third-order valence-electron chi connectivity index (χ3n) is 3.49. The predicted molar refractivity (Wildman–Crippen MR) is 76.8 cm³/mol. The number of amides is 2. The first-order valence-electron chi connectivity index (χ1n) is 7.39. The molecule has 0 radical (unpaired) electrons. The van der Waals surface area contributed by atoms with E-state index in [0.29, 0.717) is 13.1 Å². The Morgan fingerprint density at radius 1 is 1.38 bits per heavy atom. The van der Waals surface area contributed by atoms with E-state index < -0.39 is 5.97 Å². The zero-order valence-electron chi connectivity index (χ0n) is 12.1. The monoisotopic (exact) mass is 294 g/mol. The Labute approximate surface area is 124 Å². The Balaban J connectivity index is 1.61. The van der Waals surface area contributed by atoms with Crippen LogP contribution in [0.3, 0.4) is 0 Å². The maximum Gasteiger partial charge on any atom is 0.317 e. The molecule has 1 aromatic heterocycles. The number of nitrogens with zero attached hydrogens (tertiary/aromatic N) is 3. The lowest BCUT2D eigenvalue weighted by atomic mass is 10.3. The van der Waals surface area contributed by atoms with E-state index in [1.807, 2.05) is 10.8 Å². The fraction of sp³-hybridized carbons (Fsp3) is 0.643. The van der Waals surface area contributed by atoms with Crippen LogP contribution in [0.25, 0.3) is 0 Å². The topological polar surface area (TPSA) is 87.5 Å². The smallest absolute Gasteiger partial charge is 0.317 e. The maximum atomic E-state index is 12.0. The number of nitrogens with one attached hydrogen (secondary N) is 1. The molecule has 2 rings (SSSR count). The van der Waals surface area contributed by atoms with Gasteiger partial charge < -0.3 is 19.9 Å². The normalized spacial score (nSPS) is 13.9.